The highest BCUT2D eigenvalue weighted by molar-refractivity contribution is 5.94. The van der Waals surface area contributed by atoms with Crippen LogP contribution >= 0.6 is 0 Å². The number of fused-ring (bicyclic) bond motifs is 2. The highest BCUT2D eigenvalue weighted by atomic mass is 16.3. The fraction of sp³-hybridized carbons (Fsp3) is 0.300. The molecule has 2 heterocycles. The van der Waals surface area contributed by atoms with E-state index >= 15 is 0 Å². The molecule has 1 aromatic heterocycles. The Hall–Kier alpha value is -3.77. The molecule has 2 N–H and O–H groups in total. The molecule has 6 heteroatoms. The summed E-state index contributed by atoms with van der Waals surface area (Å²) >= 11 is 0. The van der Waals surface area contributed by atoms with Crippen LogP contribution in [0.1, 0.15) is 64.6 Å². The zero-order valence-electron chi connectivity index (χ0n) is 20.7. The molecule has 2 amide bonds. The maximum Gasteiger partial charge on any atom is 0.270 e. The molecule has 1 atom stereocenters. The normalized spacial score (nSPS) is 16.9. The summed E-state index contributed by atoms with van der Waals surface area (Å²) in [7, 11) is 0. The third-order valence-electron chi connectivity index (χ3n) is 7.14. The van der Waals surface area contributed by atoms with Gasteiger partial charge in [-0.05, 0) is 60.6 Å². The lowest BCUT2D eigenvalue weighted by Crippen LogP contribution is -2.36. The highest BCUT2D eigenvalue weighted by Gasteiger charge is 2.36. The van der Waals surface area contributed by atoms with E-state index in [1.807, 2.05) is 61.5 Å². The number of nitrogens with zero attached hydrogens (tertiary/aromatic N) is 2. The van der Waals surface area contributed by atoms with Crippen LogP contribution in [0.2, 0.25) is 0 Å². The summed E-state index contributed by atoms with van der Waals surface area (Å²) in [6.07, 6.45) is 6.03. The van der Waals surface area contributed by atoms with Crippen molar-refractivity contribution in [2.24, 2.45) is 0 Å². The average molecular weight is 482 g/mol. The third-order valence-corrected chi connectivity index (χ3v) is 7.14. The number of hydrogen-bond acceptors (Lipinski definition) is 4. The standard InChI is InChI=1S/C30H31N3O3/c1-3-7-20-8-6-11-23(14-20)29-28-24(18-33(19(2)35)27(28)12-13-34)17-26(32-29)30(36)31-25-15-21-9-4-5-10-22(21)16-25/h3-11,14,17,25,27,34H,12-13,15-16,18H2,1-2H3,(H,31,36)/b7-3+/t27-/m1/s1. The van der Waals surface area contributed by atoms with E-state index in [2.05, 4.69) is 17.4 Å². The van der Waals surface area contributed by atoms with Gasteiger partial charge in [0.25, 0.3) is 5.91 Å². The van der Waals surface area contributed by atoms with Crippen LogP contribution in [0.3, 0.4) is 0 Å². The van der Waals surface area contributed by atoms with E-state index < -0.39 is 0 Å². The molecule has 0 saturated heterocycles. The molecule has 1 aliphatic heterocycles. The number of aromatic nitrogens is 1. The zero-order valence-corrected chi connectivity index (χ0v) is 20.7. The predicted molar refractivity (Wildman–Crippen MR) is 140 cm³/mol. The molecule has 2 aliphatic rings. The van der Waals surface area contributed by atoms with Gasteiger partial charge in [0, 0.05) is 37.2 Å². The monoisotopic (exact) mass is 481 g/mol. The fourth-order valence-corrected chi connectivity index (χ4v) is 5.55. The Morgan fingerprint density at radius 1 is 1.08 bits per heavy atom. The summed E-state index contributed by atoms with van der Waals surface area (Å²) in [5.74, 6) is -0.269. The number of carbonyl (C=O) groups excluding carboxylic acids is 2. The number of nitrogens with one attached hydrogen (secondary N) is 1. The Labute approximate surface area is 211 Å². The van der Waals surface area contributed by atoms with Gasteiger partial charge in [-0.25, -0.2) is 4.98 Å². The second-order valence-corrected chi connectivity index (χ2v) is 9.58. The van der Waals surface area contributed by atoms with Crippen LogP contribution in [-0.2, 0) is 24.2 Å². The summed E-state index contributed by atoms with van der Waals surface area (Å²) in [5.41, 5.74) is 7.34. The molecule has 0 saturated carbocycles. The number of amides is 2. The van der Waals surface area contributed by atoms with Crippen LogP contribution in [-0.4, -0.2) is 39.5 Å². The molecule has 0 spiro atoms. The molecule has 0 fully saturated rings. The minimum Gasteiger partial charge on any atom is -0.396 e. The van der Waals surface area contributed by atoms with Crippen LogP contribution in [0.15, 0.2) is 60.7 Å². The van der Waals surface area contributed by atoms with E-state index in [1.165, 1.54) is 11.1 Å². The van der Waals surface area contributed by atoms with Crippen LogP contribution in [0.25, 0.3) is 17.3 Å². The van der Waals surface area contributed by atoms with Gasteiger partial charge in [-0.3, -0.25) is 9.59 Å². The molecule has 1 aliphatic carbocycles. The molecular weight excluding hydrogens is 450 g/mol. The first-order chi connectivity index (χ1) is 17.5. The minimum absolute atomic E-state index is 0.0299. The van der Waals surface area contributed by atoms with Crippen molar-refractivity contribution in [3.8, 4) is 11.3 Å². The quantitative estimate of drug-likeness (QED) is 0.545. The summed E-state index contributed by atoms with van der Waals surface area (Å²) in [4.78, 5) is 32.5. The topological polar surface area (TPSA) is 82.5 Å². The van der Waals surface area contributed by atoms with Gasteiger partial charge in [0.05, 0.1) is 11.7 Å². The zero-order chi connectivity index (χ0) is 25.2. The van der Waals surface area contributed by atoms with Crippen molar-refractivity contribution in [3.05, 3.63) is 94.2 Å². The Bertz CT molecular complexity index is 1320. The molecule has 2 aromatic carbocycles. The molecule has 0 radical (unpaired) electrons. The van der Waals surface area contributed by atoms with E-state index in [0.717, 1.165) is 35.1 Å². The Morgan fingerprint density at radius 2 is 1.83 bits per heavy atom. The van der Waals surface area contributed by atoms with Crippen molar-refractivity contribution in [2.75, 3.05) is 6.61 Å². The maximum absolute atomic E-state index is 13.4. The number of allylic oxidation sites excluding steroid dienone is 1. The third kappa shape index (κ3) is 4.56. The van der Waals surface area contributed by atoms with Crippen molar-refractivity contribution < 1.29 is 14.7 Å². The highest BCUT2D eigenvalue weighted by Crippen LogP contribution is 2.42. The van der Waals surface area contributed by atoms with Gasteiger partial charge in [-0.2, -0.15) is 0 Å². The fourth-order valence-electron chi connectivity index (χ4n) is 5.55. The van der Waals surface area contributed by atoms with Crippen LogP contribution in [0.5, 0.6) is 0 Å². The van der Waals surface area contributed by atoms with Crippen LogP contribution in [0, 0.1) is 0 Å². The Balaban J connectivity index is 1.54. The molecule has 0 bridgehead atoms. The Kier molecular flexibility index (Phi) is 6.70. The van der Waals surface area contributed by atoms with Gasteiger partial charge in [0.2, 0.25) is 5.91 Å². The maximum atomic E-state index is 13.4. The van der Waals surface area contributed by atoms with Crippen molar-refractivity contribution in [1.82, 2.24) is 15.2 Å². The van der Waals surface area contributed by atoms with Gasteiger partial charge >= 0.3 is 0 Å². The van der Waals surface area contributed by atoms with Crippen molar-refractivity contribution in [1.29, 1.82) is 0 Å². The average Bonchev–Trinajstić information content (AvgIpc) is 3.45. The minimum atomic E-state index is -0.281. The summed E-state index contributed by atoms with van der Waals surface area (Å²) in [6.45, 7) is 3.86. The summed E-state index contributed by atoms with van der Waals surface area (Å²) in [5, 5.41) is 13.0. The first-order valence-electron chi connectivity index (χ1n) is 12.5. The Morgan fingerprint density at radius 3 is 2.50 bits per heavy atom. The van der Waals surface area contributed by atoms with E-state index in [0.29, 0.717) is 24.4 Å². The molecule has 184 valence electrons. The van der Waals surface area contributed by atoms with Crippen LogP contribution in [0.4, 0.5) is 0 Å². The van der Waals surface area contributed by atoms with E-state index in [1.54, 1.807) is 11.8 Å². The van der Waals surface area contributed by atoms with Gasteiger partial charge in [-0.1, -0.05) is 54.6 Å². The van der Waals surface area contributed by atoms with Gasteiger partial charge in [-0.15, -0.1) is 0 Å². The molecule has 0 unspecified atom stereocenters. The number of aliphatic hydroxyl groups is 1. The number of hydrogen-bond donors (Lipinski definition) is 2. The van der Waals surface area contributed by atoms with E-state index in [-0.39, 0.29) is 30.5 Å². The lowest BCUT2D eigenvalue weighted by molar-refractivity contribution is -0.131. The van der Waals surface area contributed by atoms with Gasteiger partial charge in [0.15, 0.2) is 0 Å². The summed E-state index contributed by atoms with van der Waals surface area (Å²) in [6, 6.07) is 17.9. The van der Waals surface area contributed by atoms with Crippen LogP contribution < -0.4 is 5.32 Å². The number of pyridine rings is 1. The largest absolute Gasteiger partial charge is 0.396 e. The lowest BCUT2D eigenvalue weighted by atomic mass is 9.94. The molecule has 6 nitrogen and oxygen atoms in total. The first-order valence-corrected chi connectivity index (χ1v) is 12.5. The van der Waals surface area contributed by atoms with Crippen molar-refractivity contribution in [3.63, 3.8) is 0 Å². The first kappa shape index (κ1) is 23.9. The number of aliphatic hydroxyl groups excluding tert-OH is 1. The second kappa shape index (κ2) is 10.1. The molecule has 5 rings (SSSR count). The number of rotatable bonds is 6. The van der Waals surface area contributed by atoms with E-state index in [9.17, 15) is 14.7 Å². The van der Waals surface area contributed by atoms with E-state index in [4.69, 9.17) is 4.98 Å². The van der Waals surface area contributed by atoms with Crippen molar-refractivity contribution in [2.45, 2.75) is 51.7 Å². The second-order valence-electron chi connectivity index (χ2n) is 9.58. The molecule has 3 aromatic rings. The predicted octanol–water partition coefficient (Wildman–Crippen LogP) is 4.46. The number of carbonyl (C=O) groups is 2. The smallest absolute Gasteiger partial charge is 0.270 e. The lowest BCUT2D eigenvalue weighted by Gasteiger charge is -2.24. The SMILES string of the molecule is C/C=C/c1cccc(-c2nc(C(=O)NC3Cc4ccccc4C3)cc3c2[C@@H](CCO)N(C(C)=O)C3)c1. The molecular formula is C30H31N3O3. The summed E-state index contributed by atoms with van der Waals surface area (Å²) < 4.78 is 0. The number of benzene rings is 2. The van der Waals surface area contributed by atoms with Gasteiger partial charge in [0.1, 0.15) is 5.69 Å². The van der Waals surface area contributed by atoms with Gasteiger partial charge < -0.3 is 15.3 Å². The van der Waals surface area contributed by atoms with Crippen molar-refractivity contribution >= 4 is 17.9 Å². The molecule has 36 heavy (non-hydrogen) atoms.